The van der Waals surface area contributed by atoms with Gasteiger partial charge in [-0.05, 0) is 62.6 Å². The Bertz CT molecular complexity index is 623. The van der Waals surface area contributed by atoms with Crippen molar-refractivity contribution < 1.29 is 4.74 Å². The number of benzene rings is 2. The first kappa shape index (κ1) is 14.9. The topological polar surface area (TPSA) is 35.2 Å². The highest BCUT2D eigenvalue weighted by Gasteiger charge is 2.12. The van der Waals surface area contributed by atoms with Gasteiger partial charge in [0.15, 0.2) is 0 Å². The average Bonchev–Trinajstić information content (AvgIpc) is 2.43. The summed E-state index contributed by atoms with van der Waals surface area (Å²) >= 11 is 6.25. The van der Waals surface area contributed by atoms with Gasteiger partial charge < -0.3 is 10.5 Å². The van der Waals surface area contributed by atoms with Crippen LogP contribution in [-0.4, -0.2) is 6.54 Å². The predicted octanol–water partition coefficient (Wildman–Crippen LogP) is 4.56. The van der Waals surface area contributed by atoms with E-state index < -0.39 is 0 Å². The summed E-state index contributed by atoms with van der Waals surface area (Å²) in [4.78, 5) is 0. The van der Waals surface area contributed by atoms with Crippen molar-refractivity contribution in [2.45, 2.75) is 27.2 Å². The van der Waals surface area contributed by atoms with Crippen molar-refractivity contribution in [3.8, 4) is 11.5 Å². The lowest BCUT2D eigenvalue weighted by Crippen LogP contribution is -2.05. The number of halogens is 1. The molecule has 20 heavy (non-hydrogen) atoms. The molecule has 0 fully saturated rings. The zero-order valence-corrected chi connectivity index (χ0v) is 12.9. The molecule has 3 heteroatoms. The van der Waals surface area contributed by atoms with Crippen LogP contribution in [0, 0.1) is 20.8 Å². The van der Waals surface area contributed by atoms with Crippen molar-refractivity contribution in [1.29, 1.82) is 0 Å². The molecule has 106 valence electrons. The van der Waals surface area contributed by atoms with E-state index >= 15 is 0 Å². The molecular formula is C17H20ClNO. The fourth-order valence-electron chi connectivity index (χ4n) is 2.21. The average molecular weight is 290 g/mol. The monoisotopic (exact) mass is 289 g/mol. The van der Waals surface area contributed by atoms with E-state index in [0.29, 0.717) is 18.0 Å². The number of aryl methyl sites for hydroxylation is 2. The van der Waals surface area contributed by atoms with Crippen molar-refractivity contribution in [1.82, 2.24) is 0 Å². The van der Waals surface area contributed by atoms with Gasteiger partial charge in [-0.1, -0.05) is 29.8 Å². The standard InChI is InChI=1S/C17H20ClNO/c1-11-7-8-12(2)17(13(11)3)20-16-6-4-5-15(18)14(16)9-10-19/h4-8H,9-10,19H2,1-3H3. The lowest BCUT2D eigenvalue weighted by molar-refractivity contribution is 0.468. The number of rotatable bonds is 4. The summed E-state index contributed by atoms with van der Waals surface area (Å²) in [5, 5.41) is 0.705. The summed E-state index contributed by atoms with van der Waals surface area (Å²) in [5.41, 5.74) is 10.1. The summed E-state index contributed by atoms with van der Waals surface area (Å²) in [7, 11) is 0. The Morgan fingerprint density at radius 3 is 2.45 bits per heavy atom. The molecule has 2 rings (SSSR count). The van der Waals surface area contributed by atoms with Crippen LogP contribution < -0.4 is 10.5 Å². The maximum Gasteiger partial charge on any atom is 0.133 e. The molecule has 2 N–H and O–H groups in total. The van der Waals surface area contributed by atoms with Crippen LogP contribution >= 0.6 is 11.6 Å². The van der Waals surface area contributed by atoms with Crippen LogP contribution in [0.3, 0.4) is 0 Å². The van der Waals surface area contributed by atoms with Crippen molar-refractivity contribution in [2.75, 3.05) is 6.54 Å². The van der Waals surface area contributed by atoms with Gasteiger partial charge in [0.2, 0.25) is 0 Å². The molecule has 0 aliphatic carbocycles. The van der Waals surface area contributed by atoms with Crippen molar-refractivity contribution >= 4 is 11.6 Å². The smallest absolute Gasteiger partial charge is 0.133 e. The van der Waals surface area contributed by atoms with E-state index in [2.05, 4.69) is 32.9 Å². The summed E-state index contributed by atoms with van der Waals surface area (Å²) < 4.78 is 6.15. The van der Waals surface area contributed by atoms with E-state index in [-0.39, 0.29) is 0 Å². The minimum absolute atomic E-state index is 0.547. The largest absolute Gasteiger partial charge is 0.456 e. The predicted molar refractivity (Wildman–Crippen MR) is 84.9 cm³/mol. The third-order valence-electron chi connectivity index (χ3n) is 3.56. The van der Waals surface area contributed by atoms with Crippen LogP contribution in [0.5, 0.6) is 11.5 Å². The molecule has 0 spiro atoms. The Kier molecular flexibility index (Phi) is 4.69. The molecule has 2 nitrogen and oxygen atoms in total. The minimum atomic E-state index is 0.547. The summed E-state index contributed by atoms with van der Waals surface area (Å²) in [6.45, 7) is 6.76. The van der Waals surface area contributed by atoms with Crippen molar-refractivity contribution in [2.24, 2.45) is 5.73 Å². The molecule has 0 saturated heterocycles. The molecule has 0 saturated carbocycles. The van der Waals surface area contributed by atoms with Gasteiger partial charge in [-0.2, -0.15) is 0 Å². The zero-order valence-electron chi connectivity index (χ0n) is 12.2. The second-order valence-corrected chi connectivity index (χ2v) is 5.42. The van der Waals surface area contributed by atoms with E-state index in [1.165, 1.54) is 5.56 Å². The van der Waals surface area contributed by atoms with E-state index in [0.717, 1.165) is 28.2 Å². The Morgan fingerprint density at radius 1 is 1.05 bits per heavy atom. The normalized spacial score (nSPS) is 10.7. The van der Waals surface area contributed by atoms with E-state index in [4.69, 9.17) is 22.1 Å². The highest BCUT2D eigenvalue weighted by molar-refractivity contribution is 6.31. The van der Waals surface area contributed by atoms with Crippen LogP contribution in [0.4, 0.5) is 0 Å². The lowest BCUT2D eigenvalue weighted by Gasteiger charge is -2.16. The maximum absolute atomic E-state index is 6.25. The minimum Gasteiger partial charge on any atom is -0.456 e. The molecule has 0 bridgehead atoms. The molecule has 0 atom stereocenters. The number of hydrogen-bond acceptors (Lipinski definition) is 2. The Morgan fingerprint density at radius 2 is 1.75 bits per heavy atom. The fraction of sp³-hybridized carbons (Fsp3) is 0.294. The van der Waals surface area contributed by atoms with E-state index in [1.807, 2.05) is 18.2 Å². The van der Waals surface area contributed by atoms with Crippen LogP contribution in [-0.2, 0) is 6.42 Å². The molecule has 0 aromatic heterocycles. The summed E-state index contributed by atoms with van der Waals surface area (Å²) in [6.07, 6.45) is 0.707. The third-order valence-corrected chi connectivity index (χ3v) is 3.91. The highest BCUT2D eigenvalue weighted by atomic mass is 35.5. The lowest BCUT2D eigenvalue weighted by atomic mass is 10.0. The first-order chi connectivity index (χ1) is 9.54. The van der Waals surface area contributed by atoms with Crippen LogP contribution in [0.15, 0.2) is 30.3 Å². The van der Waals surface area contributed by atoms with Gasteiger partial charge in [0.05, 0.1) is 0 Å². The molecule has 2 aromatic rings. The van der Waals surface area contributed by atoms with Crippen LogP contribution in [0.25, 0.3) is 0 Å². The SMILES string of the molecule is Cc1ccc(C)c(Oc2cccc(Cl)c2CCN)c1C. The van der Waals surface area contributed by atoms with Gasteiger partial charge in [-0.15, -0.1) is 0 Å². The van der Waals surface area contributed by atoms with Crippen LogP contribution in [0.1, 0.15) is 22.3 Å². The molecule has 0 aliphatic heterocycles. The Labute approximate surface area is 125 Å². The molecule has 0 aliphatic rings. The van der Waals surface area contributed by atoms with E-state index in [9.17, 15) is 0 Å². The summed E-state index contributed by atoms with van der Waals surface area (Å²) in [5.74, 6) is 1.70. The van der Waals surface area contributed by atoms with Crippen molar-refractivity contribution in [3.63, 3.8) is 0 Å². The van der Waals surface area contributed by atoms with Gasteiger partial charge >= 0.3 is 0 Å². The molecule has 0 unspecified atom stereocenters. The van der Waals surface area contributed by atoms with Gasteiger partial charge in [0.1, 0.15) is 11.5 Å². The Hall–Kier alpha value is -1.51. The van der Waals surface area contributed by atoms with Crippen LogP contribution in [0.2, 0.25) is 5.02 Å². The first-order valence-electron chi connectivity index (χ1n) is 6.76. The number of hydrogen-bond donors (Lipinski definition) is 1. The number of nitrogens with two attached hydrogens (primary N) is 1. The summed E-state index contributed by atoms with van der Waals surface area (Å²) in [6, 6.07) is 9.90. The zero-order chi connectivity index (χ0) is 14.7. The second kappa shape index (κ2) is 6.29. The van der Waals surface area contributed by atoms with Gasteiger partial charge in [-0.25, -0.2) is 0 Å². The van der Waals surface area contributed by atoms with Gasteiger partial charge in [0, 0.05) is 10.6 Å². The molecular weight excluding hydrogens is 270 g/mol. The third kappa shape index (κ3) is 2.97. The molecule has 2 aromatic carbocycles. The fourth-order valence-corrected chi connectivity index (χ4v) is 2.47. The molecule has 0 heterocycles. The quantitative estimate of drug-likeness (QED) is 0.895. The number of ether oxygens (including phenoxy) is 1. The second-order valence-electron chi connectivity index (χ2n) is 5.01. The van der Waals surface area contributed by atoms with Gasteiger partial charge in [-0.3, -0.25) is 0 Å². The van der Waals surface area contributed by atoms with Gasteiger partial charge in [0.25, 0.3) is 0 Å². The Balaban J connectivity index is 2.45. The molecule has 0 amide bonds. The first-order valence-corrected chi connectivity index (χ1v) is 7.14. The van der Waals surface area contributed by atoms with Crippen molar-refractivity contribution in [3.05, 3.63) is 57.6 Å². The maximum atomic E-state index is 6.25. The van der Waals surface area contributed by atoms with E-state index in [1.54, 1.807) is 0 Å². The molecule has 0 radical (unpaired) electrons. The highest BCUT2D eigenvalue weighted by Crippen LogP contribution is 2.34.